The normalized spacial score (nSPS) is 28.5. The Kier molecular flexibility index (Phi) is 5.27. The summed E-state index contributed by atoms with van der Waals surface area (Å²) in [6.07, 6.45) is 8.36. The number of carbonyl (C=O) groups is 1. The highest BCUT2D eigenvalue weighted by Gasteiger charge is 2.51. The van der Waals surface area contributed by atoms with Gasteiger partial charge in [0.15, 0.2) is 0 Å². The molecule has 1 amide bonds. The highest BCUT2D eigenvalue weighted by molar-refractivity contribution is 7.92. The quantitative estimate of drug-likeness (QED) is 0.697. The minimum absolute atomic E-state index is 0.0636. The van der Waals surface area contributed by atoms with Crippen LogP contribution in [0.5, 0.6) is 0 Å². The summed E-state index contributed by atoms with van der Waals surface area (Å²) in [6.45, 7) is 0.0952. The van der Waals surface area contributed by atoms with E-state index >= 15 is 0 Å². The van der Waals surface area contributed by atoms with Crippen molar-refractivity contribution in [3.8, 4) is 0 Å². The molecule has 4 saturated carbocycles. The van der Waals surface area contributed by atoms with E-state index in [1.165, 1.54) is 35.7 Å². The average molecular weight is 457 g/mol. The van der Waals surface area contributed by atoms with Gasteiger partial charge in [0.2, 0.25) is 10.0 Å². The SMILES string of the molecule is CS(=O)(=O)N(Cc1ccc(F)cc1)c1ccc(C(=O)NC23CC4CC(CC(C4)C2)C3)cc1. The lowest BCUT2D eigenvalue weighted by Gasteiger charge is -2.56. The summed E-state index contributed by atoms with van der Waals surface area (Å²) in [4.78, 5) is 13.1. The van der Waals surface area contributed by atoms with E-state index in [1.807, 2.05) is 0 Å². The van der Waals surface area contributed by atoms with Crippen molar-refractivity contribution in [3.63, 3.8) is 0 Å². The van der Waals surface area contributed by atoms with E-state index in [-0.39, 0.29) is 23.8 Å². The molecule has 4 aliphatic rings. The topological polar surface area (TPSA) is 66.5 Å². The number of rotatable bonds is 6. The number of benzene rings is 2. The third-order valence-corrected chi connectivity index (χ3v) is 8.61. The van der Waals surface area contributed by atoms with Crippen molar-refractivity contribution in [1.82, 2.24) is 5.32 Å². The molecule has 4 fully saturated rings. The molecular weight excluding hydrogens is 427 g/mol. The Balaban J connectivity index is 1.32. The first-order chi connectivity index (χ1) is 15.2. The van der Waals surface area contributed by atoms with Gasteiger partial charge in [0.05, 0.1) is 18.5 Å². The van der Waals surface area contributed by atoms with Crippen LogP contribution in [0.3, 0.4) is 0 Å². The molecule has 4 bridgehead atoms. The largest absolute Gasteiger partial charge is 0.347 e. The zero-order chi connectivity index (χ0) is 22.5. The summed E-state index contributed by atoms with van der Waals surface area (Å²) >= 11 is 0. The summed E-state index contributed by atoms with van der Waals surface area (Å²) in [5.41, 5.74) is 1.63. The molecule has 0 heterocycles. The van der Waals surface area contributed by atoms with Gasteiger partial charge in [-0.25, -0.2) is 12.8 Å². The lowest BCUT2D eigenvalue weighted by Crippen LogP contribution is -2.59. The van der Waals surface area contributed by atoms with Gasteiger partial charge in [0.25, 0.3) is 5.91 Å². The van der Waals surface area contributed by atoms with Crippen LogP contribution in [0.1, 0.15) is 54.4 Å². The van der Waals surface area contributed by atoms with Crippen LogP contribution in [0.2, 0.25) is 0 Å². The number of sulfonamides is 1. The number of halogens is 1. The van der Waals surface area contributed by atoms with E-state index in [0.717, 1.165) is 43.3 Å². The molecule has 0 saturated heterocycles. The van der Waals surface area contributed by atoms with Gasteiger partial charge in [-0.2, -0.15) is 0 Å². The molecule has 7 heteroatoms. The Morgan fingerprint density at radius 3 is 2.00 bits per heavy atom. The second kappa shape index (κ2) is 7.87. The first-order valence-electron chi connectivity index (χ1n) is 11.3. The molecule has 170 valence electrons. The molecule has 0 unspecified atom stereocenters. The summed E-state index contributed by atoms with van der Waals surface area (Å²) in [6, 6.07) is 12.5. The van der Waals surface area contributed by atoms with E-state index in [0.29, 0.717) is 16.8 Å². The number of hydrogen-bond acceptors (Lipinski definition) is 3. The fraction of sp³-hybridized carbons (Fsp3) is 0.480. The fourth-order valence-corrected chi connectivity index (χ4v) is 7.40. The predicted octanol–water partition coefficient (Wildman–Crippen LogP) is 4.49. The van der Waals surface area contributed by atoms with Gasteiger partial charge in [-0.3, -0.25) is 9.10 Å². The van der Waals surface area contributed by atoms with Gasteiger partial charge in [-0.1, -0.05) is 12.1 Å². The minimum Gasteiger partial charge on any atom is -0.347 e. The zero-order valence-corrected chi connectivity index (χ0v) is 19.1. The molecule has 4 aliphatic carbocycles. The molecule has 0 atom stereocenters. The summed E-state index contributed by atoms with van der Waals surface area (Å²) < 4.78 is 39.3. The van der Waals surface area contributed by atoms with Crippen LogP contribution < -0.4 is 9.62 Å². The molecule has 0 aliphatic heterocycles. The minimum atomic E-state index is -3.56. The fourth-order valence-electron chi connectivity index (χ4n) is 6.51. The van der Waals surface area contributed by atoms with Crippen molar-refractivity contribution in [3.05, 3.63) is 65.5 Å². The van der Waals surface area contributed by atoms with Crippen LogP contribution in [-0.2, 0) is 16.6 Å². The maximum absolute atomic E-state index is 13.2. The molecule has 0 spiro atoms. The second-order valence-corrected chi connectivity index (χ2v) is 12.0. The van der Waals surface area contributed by atoms with Crippen molar-refractivity contribution in [1.29, 1.82) is 0 Å². The number of nitrogens with zero attached hydrogens (tertiary/aromatic N) is 1. The van der Waals surface area contributed by atoms with E-state index in [1.54, 1.807) is 36.4 Å². The maximum Gasteiger partial charge on any atom is 0.251 e. The lowest BCUT2D eigenvalue weighted by molar-refractivity contribution is -0.0167. The van der Waals surface area contributed by atoms with Gasteiger partial charge in [0, 0.05) is 11.1 Å². The number of anilines is 1. The van der Waals surface area contributed by atoms with Crippen molar-refractivity contribution in [2.45, 2.75) is 50.6 Å². The van der Waals surface area contributed by atoms with Crippen molar-refractivity contribution < 1.29 is 17.6 Å². The number of amides is 1. The second-order valence-electron chi connectivity index (χ2n) is 10.1. The van der Waals surface area contributed by atoms with Crippen LogP contribution in [-0.4, -0.2) is 26.1 Å². The van der Waals surface area contributed by atoms with Crippen LogP contribution in [0, 0.1) is 23.6 Å². The van der Waals surface area contributed by atoms with Crippen LogP contribution in [0.4, 0.5) is 10.1 Å². The Labute approximate surface area is 189 Å². The predicted molar refractivity (Wildman–Crippen MR) is 122 cm³/mol. The third-order valence-electron chi connectivity index (χ3n) is 7.47. The highest BCUT2D eigenvalue weighted by Crippen LogP contribution is 2.55. The average Bonchev–Trinajstić information content (AvgIpc) is 2.71. The first kappa shape index (κ1) is 21.4. The zero-order valence-electron chi connectivity index (χ0n) is 18.3. The maximum atomic E-state index is 13.2. The summed E-state index contributed by atoms with van der Waals surface area (Å²) in [5, 5.41) is 3.36. The molecule has 0 aromatic heterocycles. The van der Waals surface area contributed by atoms with Crippen molar-refractivity contribution in [2.24, 2.45) is 17.8 Å². The Bertz CT molecular complexity index is 1080. The molecule has 32 heavy (non-hydrogen) atoms. The van der Waals surface area contributed by atoms with Gasteiger partial charge in [-0.05, 0) is 98.2 Å². The monoisotopic (exact) mass is 456 g/mol. The lowest BCUT2D eigenvalue weighted by atomic mass is 9.53. The van der Waals surface area contributed by atoms with Gasteiger partial charge >= 0.3 is 0 Å². The highest BCUT2D eigenvalue weighted by atomic mass is 32.2. The van der Waals surface area contributed by atoms with E-state index in [9.17, 15) is 17.6 Å². The van der Waals surface area contributed by atoms with Gasteiger partial charge in [-0.15, -0.1) is 0 Å². The van der Waals surface area contributed by atoms with Crippen molar-refractivity contribution >= 4 is 21.6 Å². The molecule has 0 radical (unpaired) electrons. The molecule has 6 rings (SSSR count). The van der Waals surface area contributed by atoms with E-state index in [2.05, 4.69) is 5.32 Å². The Morgan fingerprint density at radius 2 is 1.50 bits per heavy atom. The standard InChI is InChI=1S/C25H29FN2O3S/c1-32(30,31)28(16-17-2-6-22(26)7-3-17)23-8-4-21(5-9-23)24(29)27-25-13-18-10-19(14-25)12-20(11-18)15-25/h2-9,18-20H,10-16H2,1H3,(H,27,29). The third kappa shape index (κ3) is 4.27. The Hall–Kier alpha value is -2.41. The summed E-state index contributed by atoms with van der Waals surface area (Å²) in [5.74, 6) is 1.80. The van der Waals surface area contributed by atoms with Crippen molar-refractivity contribution in [2.75, 3.05) is 10.6 Å². The molecule has 2 aromatic carbocycles. The Morgan fingerprint density at radius 1 is 0.969 bits per heavy atom. The first-order valence-corrected chi connectivity index (χ1v) is 13.2. The number of hydrogen-bond donors (Lipinski definition) is 1. The van der Waals surface area contributed by atoms with Crippen LogP contribution in [0.25, 0.3) is 0 Å². The molecule has 2 aromatic rings. The smallest absolute Gasteiger partial charge is 0.251 e. The molecular formula is C25H29FN2O3S. The van der Waals surface area contributed by atoms with Crippen LogP contribution >= 0.6 is 0 Å². The van der Waals surface area contributed by atoms with Crippen LogP contribution in [0.15, 0.2) is 48.5 Å². The van der Waals surface area contributed by atoms with Gasteiger partial charge in [0.1, 0.15) is 5.82 Å². The molecule has 5 nitrogen and oxygen atoms in total. The van der Waals surface area contributed by atoms with Gasteiger partial charge < -0.3 is 5.32 Å². The summed E-state index contributed by atoms with van der Waals surface area (Å²) in [7, 11) is -3.56. The van der Waals surface area contributed by atoms with E-state index in [4.69, 9.17) is 0 Å². The number of carbonyl (C=O) groups excluding carboxylic acids is 1. The molecule has 1 N–H and O–H groups in total. The van der Waals surface area contributed by atoms with E-state index < -0.39 is 10.0 Å². The number of nitrogens with one attached hydrogen (secondary N) is 1.